The molecule has 0 spiro atoms. The number of aliphatic hydroxyl groups is 1. The average Bonchev–Trinajstić information content (AvgIpc) is 2.26. The topological polar surface area (TPSA) is 65.0 Å². The van der Waals surface area contributed by atoms with Crippen LogP contribution in [0.2, 0.25) is 18.1 Å². The molecule has 0 aromatic heterocycles. The molecule has 0 aromatic carbocycles. The molecule has 0 saturated carbocycles. The van der Waals surface area contributed by atoms with Crippen LogP contribution >= 0.6 is 7.60 Å². The lowest BCUT2D eigenvalue weighted by Crippen LogP contribution is -2.45. The summed E-state index contributed by atoms with van der Waals surface area (Å²) in [4.78, 5) is 0. The van der Waals surface area contributed by atoms with Gasteiger partial charge in [0.2, 0.25) is 0 Å². The Morgan fingerprint density at radius 3 is 1.90 bits per heavy atom. The Balaban J connectivity index is 4.89. The standard InChI is InChI=1S/C13H31O5PSi/c1-8-16-19(15,17-9-2)11-12(10-14)18-20(6,7)13(3,4)5/h12,14H,8-11H2,1-7H3. The normalized spacial score (nSPS) is 15.4. The average molecular weight is 326 g/mol. The van der Waals surface area contributed by atoms with Crippen molar-refractivity contribution in [2.75, 3.05) is 26.0 Å². The van der Waals surface area contributed by atoms with E-state index in [0.717, 1.165) is 0 Å². The van der Waals surface area contributed by atoms with Crippen LogP contribution < -0.4 is 0 Å². The lowest BCUT2D eigenvalue weighted by atomic mass is 10.2. The van der Waals surface area contributed by atoms with Gasteiger partial charge in [0.25, 0.3) is 0 Å². The van der Waals surface area contributed by atoms with Gasteiger partial charge in [-0.05, 0) is 32.0 Å². The Labute approximate surface area is 124 Å². The van der Waals surface area contributed by atoms with Crippen LogP contribution in [0.25, 0.3) is 0 Å². The van der Waals surface area contributed by atoms with Gasteiger partial charge in [0.05, 0.1) is 32.1 Å². The van der Waals surface area contributed by atoms with Gasteiger partial charge in [0, 0.05) is 0 Å². The van der Waals surface area contributed by atoms with Crippen molar-refractivity contribution in [2.24, 2.45) is 0 Å². The van der Waals surface area contributed by atoms with Gasteiger partial charge in [-0.2, -0.15) is 0 Å². The molecule has 0 aliphatic heterocycles. The third-order valence-corrected chi connectivity index (χ3v) is 10.2. The zero-order valence-corrected chi connectivity index (χ0v) is 15.8. The van der Waals surface area contributed by atoms with Crippen molar-refractivity contribution < 1.29 is 23.1 Å². The molecule has 0 aliphatic carbocycles. The molecule has 0 heterocycles. The van der Waals surface area contributed by atoms with Crippen molar-refractivity contribution in [3.63, 3.8) is 0 Å². The lowest BCUT2D eigenvalue weighted by Gasteiger charge is -2.39. The highest BCUT2D eigenvalue weighted by Gasteiger charge is 2.41. The molecule has 0 rings (SSSR count). The number of hydrogen-bond donors (Lipinski definition) is 1. The van der Waals surface area contributed by atoms with E-state index in [1.165, 1.54) is 0 Å². The molecular formula is C13H31O5PSi. The third-order valence-electron chi connectivity index (χ3n) is 3.55. The van der Waals surface area contributed by atoms with E-state index in [1.807, 2.05) is 0 Å². The SMILES string of the molecule is CCOP(=O)(CC(CO)O[Si](C)(C)C(C)(C)C)OCC. The van der Waals surface area contributed by atoms with Crippen LogP contribution in [0.1, 0.15) is 34.6 Å². The van der Waals surface area contributed by atoms with E-state index in [9.17, 15) is 9.67 Å². The van der Waals surface area contributed by atoms with Crippen LogP contribution in [-0.4, -0.2) is 45.5 Å². The number of hydrogen-bond acceptors (Lipinski definition) is 5. The molecule has 0 aromatic rings. The summed E-state index contributed by atoms with van der Waals surface area (Å²) in [6, 6.07) is 0. The summed E-state index contributed by atoms with van der Waals surface area (Å²) in [5.74, 6) is 0. The van der Waals surface area contributed by atoms with Gasteiger partial charge in [0.1, 0.15) is 0 Å². The van der Waals surface area contributed by atoms with Gasteiger partial charge in [0.15, 0.2) is 8.32 Å². The fourth-order valence-electron chi connectivity index (χ4n) is 1.51. The summed E-state index contributed by atoms with van der Waals surface area (Å²) in [5, 5.41) is 9.55. The highest BCUT2D eigenvalue weighted by atomic mass is 31.2. The molecule has 7 heteroatoms. The quantitative estimate of drug-likeness (QED) is 0.518. The van der Waals surface area contributed by atoms with Crippen LogP contribution in [0, 0.1) is 0 Å². The molecule has 1 unspecified atom stereocenters. The molecule has 0 aliphatic rings. The van der Waals surface area contributed by atoms with Gasteiger partial charge in [-0.1, -0.05) is 20.8 Å². The highest BCUT2D eigenvalue weighted by molar-refractivity contribution is 7.53. The summed E-state index contributed by atoms with van der Waals surface area (Å²) in [5.41, 5.74) is 0. The van der Waals surface area contributed by atoms with Crippen LogP contribution in [0.4, 0.5) is 0 Å². The summed E-state index contributed by atoms with van der Waals surface area (Å²) >= 11 is 0. The van der Waals surface area contributed by atoms with Gasteiger partial charge >= 0.3 is 7.60 Å². The van der Waals surface area contributed by atoms with E-state index in [0.29, 0.717) is 13.2 Å². The molecule has 1 N–H and O–H groups in total. The second kappa shape index (κ2) is 8.06. The van der Waals surface area contributed by atoms with Crippen molar-refractivity contribution in [2.45, 2.75) is 58.9 Å². The second-order valence-corrected chi connectivity index (χ2v) is 13.2. The molecule has 122 valence electrons. The molecule has 5 nitrogen and oxygen atoms in total. The lowest BCUT2D eigenvalue weighted by molar-refractivity contribution is 0.109. The first-order valence-corrected chi connectivity index (χ1v) is 11.8. The van der Waals surface area contributed by atoms with Gasteiger partial charge in [-0.25, -0.2) is 0 Å². The summed E-state index contributed by atoms with van der Waals surface area (Å²) in [6.45, 7) is 14.6. The van der Waals surface area contributed by atoms with Crippen molar-refractivity contribution >= 4 is 15.9 Å². The van der Waals surface area contributed by atoms with E-state index in [1.54, 1.807) is 13.8 Å². The maximum atomic E-state index is 12.5. The van der Waals surface area contributed by atoms with Gasteiger partial charge in [-0.3, -0.25) is 4.57 Å². The monoisotopic (exact) mass is 326 g/mol. The van der Waals surface area contributed by atoms with Crippen LogP contribution in [-0.2, 0) is 18.0 Å². The maximum Gasteiger partial charge on any atom is 0.333 e. The Morgan fingerprint density at radius 1 is 1.15 bits per heavy atom. The maximum absolute atomic E-state index is 12.5. The van der Waals surface area contributed by atoms with Crippen LogP contribution in [0.5, 0.6) is 0 Å². The minimum atomic E-state index is -3.19. The van der Waals surface area contributed by atoms with E-state index in [4.69, 9.17) is 13.5 Å². The Morgan fingerprint density at radius 2 is 1.60 bits per heavy atom. The number of aliphatic hydroxyl groups excluding tert-OH is 1. The van der Waals surface area contributed by atoms with Crippen molar-refractivity contribution in [1.82, 2.24) is 0 Å². The molecule has 0 saturated heterocycles. The van der Waals surface area contributed by atoms with E-state index in [2.05, 4.69) is 33.9 Å². The first kappa shape index (κ1) is 20.3. The Bertz CT molecular complexity index is 317. The zero-order chi connectivity index (χ0) is 16.0. The molecule has 1 atom stereocenters. The highest BCUT2D eigenvalue weighted by Crippen LogP contribution is 2.49. The molecule has 0 amide bonds. The minimum Gasteiger partial charge on any atom is -0.411 e. The largest absolute Gasteiger partial charge is 0.411 e. The summed E-state index contributed by atoms with van der Waals surface area (Å²) in [6.07, 6.45) is -0.419. The molecule has 20 heavy (non-hydrogen) atoms. The third kappa shape index (κ3) is 6.37. The second-order valence-electron chi connectivity index (χ2n) is 6.31. The van der Waals surface area contributed by atoms with Crippen molar-refractivity contribution in [1.29, 1.82) is 0 Å². The number of rotatable bonds is 9. The predicted molar refractivity (Wildman–Crippen MR) is 84.9 cm³/mol. The van der Waals surface area contributed by atoms with E-state index < -0.39 is 22.0 Å². The van der Waals surface area contributed by atoms with Crippen LogP contribution in [0.3, 0.4) is 0 Å². The van der Waals surface area contributed by atoms with Crippen molar-refractivity contribution in [3.05, 3.63) is 0 Å². The molecule has 0 bridgehead atoms. The minimum absolute atomic E-state index is 0.0294. The molecule has 0 radical (unpaired) electrons. The first-order chi connectivity index (χ1) is 9.01. The Hall–Kier alpha value is 0.287. The Kier molecular flexibility index (Phi) is 8.18. The van der Waals surface area contributed by atoms with Crippen molar-refractivity contribution in [3.8, 4) is 0 Å². The fraction of sp³-hybridized carbons (Fsp3) is 1.00. The fourth-order valence-corrected chi connectivity index (χ4v) is 4.76. The van der Waals surface area contributed by atoms with E-state index >= 15 is 0 Å². The molecular weight excluding hydrogens is 295 g/mol. The van der Waals surface area contributed by atoms with Crippen LogP contribution in [0.15, 0.2) is 0 Å². The van der Waals surface area contributed by atoms with Gasteiger partial charge in [-0.15, -0.1) is 0 Å². The zero-order valence-electron chi connectivity index (χ0n) is 13.9. The van der Waals surface area contributed by atoms with Gasteiger partial charge < -0.3 is 18.6 Å². The first-order valence-electron chi connectivity index (χ1n) is 7.18. The molecule has 0 fully saturated rings. The smallest absolute Gasteiger partial charge is 0.333 e. The predicted octanol–water partition coefficient (Wildman–Crippen LogP) is 3.64. The summed E-state index contributed by atoms with van der Waals surface area (Å²) in [7, 11) is -5.22. The summed E-state index contributed by atoms with van der Waals surface area (Å²) < 4.78 is 29.1. The van der Waals surface area contributed by atoms with E-state index in [-0.39, 0.29) is 17.8 Å².